The summed E-state index contributed by atoms with van der Waals surface area (Å²) in [6.45, 7) is 1.92. The molecule has 0 amide bonds. The molecule has 0 fully saturated rings. The maximum absolute atomic E-state index is 14.1. The first kappa shape index (κ1) is 24.1. The third kappa shape index (κ3) is 5.06. The Morgan fingerprint density at radius 3 is 2.49 bits per heavy atom. The van der Waals surface area contributed by atoms with Gasteiger partial charge in [-0.3, -0.25) is 0 Å². The van der Waals surface area contributed by atoms with E-state index < -0.39 is 5.97 Å². The van der Waals surface area contributed by atoms with Crippen molar-refractivity contribution in [3.63, 3.8) is 0 Å². The van der Waals surface area contributed by atoms with Crippen molar-refractivity contribution < 1.29 is 28.0 Å². The number of carbonyl (C=O) groups is 1. The topological polar surface area (TPSA) is 69.5 Å². The van der Waals surface area contributed by atoms with Crippen LogP contribution in [-0.2, 0) is 25.8 Å². The van der Waals surface area contributed by atoms with Crippen molar-refractivity contribution in [2.75, 3.05) is 14.2 Å². The van der Waals surface area contributed by atoms with Gasteiger partial charge in [0.2, 0.25) is 0 Å². The number of fused-ring (bicyclic) bond motifs is 1. The molecule has 0 saturated heterocycles. The van der Waals surface area contributed by atoms with Crippen LogP contribution in [0.1, 0.15) is 45.7 Å². The second-order valence-electron chi connectivity index (χ2n) is 8.07. The molecule has 1 unspecified atom stereocenters. The Morgan fingerprint density at radius 1 is 1.03 bits per heavy atom. The SMILES string of the molecule is CO/N=C(/C(=O)OC)c1cccc(C)c1CO/N=C1\CC(c2ccc(F)cc2)c2ccc(F)cc21. The molecule has 35 heavy (non-hydrogen) atoms. The van der Waals surface area contributed by atoms with Gasteiger partial charge in [-0.05, 0) is 47.9 Å². The zero-order valence-electron chi connectivity index (χ0n) is 19.5. The zero-order valence-corrected chi connectivity index (χ0v) is 19.5. The smallest absolute Gasteiger partial charge is 0.360 e. The molecule has 0 saturated carbocycles. The van der Waals surface area contributed by atoms with Crippen LogP contribution in [0.15, 0.2) is 71.0 Å². The van der Waals surface area contributed by atoms with E-state index in [1.807, 2.05) is 13.0 Å². The minimum Gasteiger partial charge on any atom is -0.464 e. The summed E-state index contributed by atoms with van der Waals surface area (Å²) in [4.78, 5) is 22.8. The van der Waals surface area contributed by atoms with Gasteiger partial charge in [-0.15, -0.1) is 0 Å². The van der Waals surface area contributed by atoms with Crippen molar-refractivity contribution in [3.8, 4) is 0 Å². The summed E-state index contributed by atoms with van der Waals surface area (Å²) in [7, 11) is 2.61. The average Bonchev–Trinajstić information content (AvgIpc) is 3.21. The van der Waals surface area contributed by atoms with Gasteiger partial charge < -0.3 is 14.4 Å². The normalized spacial score (nSPS) is 16.2. The van der Waals surface area contributed by atoms with Gasteiger partial charge in [0.05, 0.1) is 12.8 Å². The molecule has 1 atom stereocenters. The molecule has 6 nitrogen and oxygen atoms in total. The van der Waals surface area contributed by atoms with E-state index in [0.29, 0.717) is 28.8 Å². The number of aryl methyl sites for hydroxylation is 1. The molecule has 3 aromatic carbocycles. The highest BCUT2D eigenvalue weighted by molar-refractivity contribution is 6.43. The molecular formula is C27H24F2N2O4. The molecule has 1 aliphatic carbocycles. The molecule has 8 heteroatoms. The number of oxime groups is 2. The monoisotopic (exact) mass is 478 g/mol. The maximum atomic E-state index is 14.1. The van der Waals surface area contributed by atoms with Crippen LogP contribution in [0.5, 0.6) is 0 Å². The van der Waals surface area contributed by atoms with Gasteiger partial charge in [-0.2, -0.15) is 0 Å². The highest BCUT2D eigenvalue weighted by Gasteiger charge is 2.30. The summed E-state index contributed by atoms with van der Waals surface area (Å²) in [6, 6.07) is 16.2. The summed E-state index contributed by atoms with van der Waals surface area (Å²) in [6.07, 6.45) is 0.476. The summed E-state index contributed by atoms with van der Waals surface area (Å²) in [5, 5.41) is 8.16. The molecule has 180 valence electrons. The number of ether oxygens (including phenoxy) is 1. The van der Waals surface area contributed by atoms with E-state index in [0.717, 1.165) is 16.7 Å². The first-order valence-corrected chi connectivity index (χ1v) is 10.9. The van der Waals surface area contributed by atoms with E-state index in [-0.39, 0.29) is 29.9 Å². The largest absolute Gasteiger partial charge is 0.464 e. The molecule has 0 spiro atoms. The predicted molar refractivity (Wildman–Crippen MR) is 127 cm³/mol. The zero-order chi connectivity index (χ0) is 24.9. The van der Waals surface area contributed by atoms with Crippen molar-refractivity contribution >= 4 is 17.4 Å². The first-order chi connectivity index (χ1) is 16.9. The van der Waals surface area contributed by atoms with E-state index in [4.69, 9.17) is 14.4 Å². The lowest BCUT2D eigenvalue weighted by Crippen LogP contribution is -2.20. The predicted octanol–water partition coefficient (Wildman–Crippen LogP) is 5.25. The second kappa shape index (κ2) is 10.5. The quantitative estimate of drug-likeness (QED) is 0.264. The van der Waals surface area contributed by atoms with Crippen LogP contribution in [0, 0.1) is 18.6 Å². The number of rotatable bonds is 7. The van der Waals surface area contributed by atoms with Crippen LogP contribution in [0.2, 0.25) is 0 Å². The van der Waals surface area contributed by atoms with Crippen LogP contribution in [0.25, 0.3) is 0 Å². The van der Waals surface area contributed by atoms with Crippen LogP contribution >= 0.6 is 0 Å². The number of carbonyl (C=O) groups excluding carboxylic acids is 1. The van der Waals surface area contributed by atoms with Crippen molar-refractivity contribution in [1.82, 2.24) is 0 Å². The Morgan fingerprint density at radius 2 is 1.77 bits per heavy atom. The Kier molecular flexibility index (Phi) is 7.19. The molecule has 4 rings (SSSR count). The number of nitrogens with zero attached hydrogens (tertiary/aromatic N) is 2. The van der Waals surface area contributed by atoms with Gasteiger partial charge in [0.1, 0.15) is 25.4 Å². The number of halogens is 2. The summed E-state index contributed by atoms with van der Waals surface area (Å²) >= 11 is 0. The molecule has 3 aromatic rings. The summed E-state index contributed by atoms with van der Waals surface area (Å²) < 4.78 is 32.3. The minimum absolute atomic E-state index is 0.00890. The van der Waals surface area contributed by atoms with E-state index in [2.05, 4.69) is 10.3 Å². The number of methoxy groups -OCH3 is 1. The maximum Gasteiger partial charge on any atom is 0.360 e. The highest BCUT2D eigenvalue weighted by atomic mass is 19.1. The first-order valence-electron chi connectivity index (χ1n) is 10.9. The van der Waals surface area contributed by atoms with Crippen molar-refractivity contribution in [2.45, 2.75) is 25.9 Å². The lowest BCUT2D eigenvalue weighted by Gasteiger charge is -2.12. The number of benzene rings is 3. The minimum atomic E-state index is -0.646. The molecule has 0 N–H and O–H groups in total. The van der Waals surface area contributed by atoms with Crippen LogP contribution < -0.4 is 0 Å². The summed E-state index contributed by atoms with van der Waals surface area (Å²) in [5.41, 5.74) is 5.10. The molecule has 0 heterocycles. The van der Waals surface area contributed by atoms with E-state index in [9.17, 15) is 13.6 Å². The lowest BCUT2D eigenvalue weighted by molar-refractivity contribution is -0.132. The van der Waals surface area contributed by atoms with Gasteiger partial charge in [0.25, 0.3) is 0 Å². The van der Waals surface area contributed by atoms with Crippen LogP contribution in [0.4, 0.5) is 8.78 Å². The average molecular weight is 478 g/mol. The Labute approximate surface area is 201 Å². The molecule has 1 aliphatic rings. The lowest BCUT2D eigenvalue weighted by atomic mass is 9.93. The van der Waals surface area contributed by atoms with Crippen molar-refractivity contribution in [3.05, 3.63) is 106 Å². The number of hydrogen-bond acceptors (Lipinski definition) is 6. The fourth-order valence-corrected chi connectivity index (χ4v) is 4.25. The Balaban J connectivity index is 1.63. The standard InChI is InChI=1S/C27H24F2N2O4/c1-16-5-4-6-21(26(31-34-3)27(32)33-2)24(16)15-35-30-25-14-22(17-7-9-18(28)10-8-17)20-12-11-19(29)13-23(20)25/h4-13,22H,14-15H2,1-3H3/b30-25+,31-26+. The van der Waals surface area contributed by atoms with Gasteiger partial charge in [0.15, 0.2) is 5.71 Å². The van der Waals surface area contributed by atoms with Gasteiger partial charge in [-0.1, -0.05) is 46.7 Å². The highest BCUT2D eigenvalue weighted by Crippen LogP contribution is 2.39. The van der Waals surface area contributed by atoms with Crippen molar-refractivity contribution in [1.29, 1.82) is 0 Å². The van der Waals surface area contributed by atoms with Crippen LogP contribution in [0.3, 0.4) is 0 Å². The van der Waals surface area contributed by atoms with Gasteiger partial charge in [-0.25, -0.2) is 13.6 Å². The van der Waals surface area contributed by atoms with E-state index in [1.165, 1.54) is 38.5 Å². The van der Waals surface area contributed by atoms with Crippen LogP contribution in [-0.4, -0.2) is 31.6 Å². The van der Waals surface area contributed by atoms with E-state index >= 15 is 0 Å². The van der Waals surface area contributed by atoms with Crippen molar-refractivity contribution in [2.24, 2.45) is 10.3 Å². The third-order valence-corrected chi connectivity index (χ3v) is 5.98. The number of esters is 1. The molecule has 0 radical (unpaired) electrons. The fraction of sp³-hybridized carbons (Fsp3) is 0.222. The Bertz CT molecular complexity index is 1300. The third-order valence-electron chi connectivity index (χ3n) is 5.98. The fourth-order valence-electron chi connectivity index (χ4n) is 4.25. The second-order valence-corrected chi connectivity index (χ2v) is 8.07. The number of hydrogen-bond donors (Lipinski definition) is 0. The van der Waals surface area contributed by atoms with Gasteiger partial charge in [0, 0.05) is 29.0 Å². The molecular weight excluding hydrogens is 454 g/mol. The molecule has 0 aromatic heterocycles. The Hall–Kier alpha value is -4.07. The molecule has 0 bridgehead atoms. The van der Waals surface area contributed by atoms with E-state index in [1.54, 1.807) is 30.3 Å². The summed E-state index contributed by atoms with van der Waals surface area (Å²) in [5.74, 6) is -1.44. The van der Waals surface area contributed by atoms with Gasteiger partial charge >= 0.3 is 5.97 Å². The molecule has 0 aliphatic heterocycles.